The number of methoxy groups -OCH3 is 2. The molecule has 0 aliphatic carbocycles. The van der Waals surface area contributed by atoms with Gasteiger partial charge < -0.3 is 23.7 Å². The third-order valence-corrected chi connectivity index (χ3v) is 2.44. The first-order valence-corrected chi connectivity index (χ1v) is 6.03. The van der Waals surface area contributed by atoms with E-state index in [1.807, 2.05) is 12.1 Å². The summed E-state index contributed by atoms with van der Waals surface area (Å²) in [6, 6.07) is 5.57. The molecule has 0 aliphatic heterocycles. The number of benzene rings is 1. The Balaban J connectivity index is 2.77. The first kappa shape index (κ1) is 15.5. The Labute approximate surface area is 113 Å². The number of ketones is 1. The Morgan fingerprint density at radius 1 is 1.05 bits per heavy atom. The minimum Gasteiger partial charge on any atom is -0.464 e. The molecule has 0 bridgehead atoms. The number of ether oxygens (including phenoxy) is 4. The smallest absolute Gasteiger partial charge is 0.188 e. The van der Waals surface area contributed by atoms with Gasteiger partial charge in [-0.15, -0.1) is 0 Å². The fraction of sp³-hybridized carbons (Fsp3) is 0.500. The van der Waals surface area contributed by atoms with E-state index in [4.69, 9.17) is 18.9 Å². The van der Waals surface area contributed by atoms with Crippen LogP contribution in [0.3, 0.4) is 0 Å². The zero-order valence-corrected chi connectivity index (χ0v) is 11.6. The van der Waals surface area contributed by atoms with Crippen molar-refractivity contribution < 1.29 is 23.7 Å². The highest BCUT2D eigenvalue weighted by atomic mass is 16.7. The van der Waals surface area contributed by atoms with Crippen LogP contribution in [-0.4, -0.2) is 33.6 Å². The number of aryl methyl sites for hydroxylation is 1. The predicted molar refractivity (Wildman–Crippen MR) is 70.5 cm³/mol. The van der Waals surface area contributed by atoms with Gasteiger partial charge in [0.2, 0.25) is 0 Å². The molecule has 0 amide bonds. The summed E-state index contributed by atoms with van der Waals surface area (Å²) in [7, 11) is 3.10. The Bertz CT molecular complexity index is 403. The molecule has 0 radical (unpaired) electrons. The second-order valence-corrected chi connectivity index (χ2v) is 4.08. The van der Waals surface area contributed by atoms with Crippen molar-refractivity contribution in [1.82, 2.24) is 0 Å². The number of rotatable bonds is 9. The zero-order chi connectivity index (χ0) is 14.1. The van der Waals surface area contributed by atoms with Crippen molar-refractivity contribution in [3.05, 3.63) is 23.8 Å². The lowest BCUT2D eigenvalue weighted by molar-refractivity contribution is -0.116. The van der Waals surface area contributed by atoms with Gasteiger partial charge in [0.15, 0.2) is 25.1 Å². The van der Waals surface area contributed by atoms with Crippen molar-refractivity contribution in [3.63, 3.8) is 0 Å². The van der Waals surface area contributed by atoms with Gasteiger partial charge in [-0.05, 0) is 31.0 Å². The Morgan fingerprint density at radius 3 is 2.26 bits per heavy atom. The van der Waals surface area contributed by atoms with Gasteiger partial charge in [-0.1, -0.05) is 6.07 Å². The van der Waals surface area contributed by atoms with Crippen LogP contribution in [0, 0.1) is 0 Å². The number of carbonyl (C=O) groups excluding carboxylic acids is 1. The van der Waals surface area contributed by atoms with E-state index in [1.54, 1.807) is 27.2 Å². The standard InChI is InChI=1S/C14H20O5/c1-11(15)4-5-12-6-7-13(18-9-16-2)14(8-12)19-10-17-3/h6-8H,4-5,9-10H2,1-3H3. The van der Waals surface area contributed by atoms with Crippen LogP contribution < -0.4 is 9.47 Å². The van der Waals surface area contributed by atoms with Crippen molar-refractivity contribution in [2.75, 3.05) is 27.8 Å². The summed E-state index contributed by atoms with van der Waals surface area (Å²) in [6.07, 6.45) is 1.20. The van der Waals surface area contributed by atoms with E-state index in [9.17, 15) is 4.79 Å². The highest BCUT2D eigenvalue weighted by Gasteiger charge is 2.07. The van der Waals surface area contributed by atoms with Crippen molar-refractivity contribution in [2.45, 2.75) is 19.8 Å². The average Bonchev–Trinajstić information content (AvgIpc) is 2.41. The van der Waals surface area contributed by atoms with Gasteiger partial charge in [0.1, 0.15) is 5.78 Å². The van der Waals surface area contributed by atoms with Gasteiger partial charge >= 0.3 is 0 Å². The molecule has 0 saturated carbocycles. The minimum absolute atomic E-state index is 0.138. The number of carbonyl (C=O) groups is 1. The maximum atomic E-state index is 11.0. The first-order chi connectivity index (χ1) is 9.17. The lowest BCUT2D eigenvalue weighted by Gasteiger charge is -2.13. The lowest BCUT2D eigenvalue weighted by Crippen LogP contribution is -2.05. The molecule has 106 valence electrons. The Kier molecular flexibility index (Phi) is 6.92. The zero-order valence-electron chi connectivity index (χ0n) is 11.6. The second kappa shape index (κ2) is 8.50. The van der Waals surface area contributed by atoms with Crippen LogP contribution in [0.15, 0.2) is 18.2 Å². The van der Waals surface area contributed by atoms with Gasteiger partial charge in [0, 0.05) is 20.6 Å². The number of hydrogen-bond donors (Lipinski definition) is 0. The van der Waals surface area contributed by atoms with Crippen LogP contribution in [0.2, 0.25) is 0 Å². The highest BCUT2D eigenvalue weighted by molar-refractivity contribution is 5.75. The molecule has 0 fully saturated rings. The van der Waals surface area contributed by atoms with Gasteiger partial charge in [0.25, 0.3) is 0 Å². The van der Waals surface area contributed by atoms with Crippen molar-refractivity contribution in [1.29, 1.82) is 0 Å². The lowest BCUT2D eigenvalue weighted by atomic mass is 10.1. The third kappa shape index (κ3) is 5.72. The SMILES string of the molecule is COCOc1ccc(CCC(C)=O)cc1OCOC. The van der Waals surface area contributed by atoms with E-state index in [1.165, 1.54) is 0 Å². The quantitative estimate of drug-likeness (QED) is 0.642. The van der Waals surface area contributed by atoms with Crippen molar-refractivity contribution in [2.24, 2.45) is 0 Å². The number of hydrogen-bond acceptors (Lipinski definition) is 5. The molecule has 5 heteroatoms. The Hall–Kier alpha value is -1.59. The van der Waals surface area contributed by atoms with Gasteiger partial charge in [-0.3, -0.25) is 0 Å². The van der Waals surface area contributed by atoms with Crippen LogP contribution in [-0.2, 0) is 20.7 Å². The van der Waals surface area contributed by atoms with E-state index in [2.05, 4.69) is 0 Å². The molecule has 0 spiro atoms. The maximum absolute atomic E-state index is 11.0. The van der Waals surface area contributed by atoms with Gasteiger partial charge in [0.05, 0.1) is 0 Å². The molecule has 0 unspecified atom stereocenters. The predicted octanol–water partition coefficient (Wildman–Crippen LogP) is 2.17. The van der Waals surface area contributed by atoms with Crippen molar-refractivity contribution >= 4 is 5.78 Å². The average molecular weight is 268 g/mol. The van der Waals surface area contributed by atoms with E-state index in [0.717, 1.165) is 5.56 Å². The molecule has 0 heterocycles. The minimum atomic E-state index is 0.138. The summed E-state index contributed by atoms with van der Waals surface area (Å²) in [6.45, 7) is 1.87. The highest BCUT2D eigenvalue weighted by Crippen LogP contribution is 2.29. The van der Waals surface area contributed by atoms with E-state index < -0.39 is 0 Å². The molecule has 1 rings (SSSR count). The van der Waals surface area contributed by atoms with Crippen LogP contribution in [0.4, 0.5) is 0 Å². The molecular formula is C14H20O5. The third-order valence-electron chi connectivity index (χ3n) is 2.44. The fourth-order valence-corrected chi connectivity index (χ4v) is 1.51. The van der Waals surface area contributed by atoms with Crippen LogP contribution >= 0.6 is 0 Å². The van der Waals surface area contributed by atoms with Gasteiger partial charge in [-0.25, -0.2) is 0 Å². The first-order valence-electron chi connectivity index (χ1n) is 6.03. The van der Waals surface area contributed by atoms with E-state index in [-0.39, 0.29) is 19.4 Å². The van der Waals surface area contributed by atoms with Crippen LogP contribution in [0.5, 0.6) is 11.5 Å². The molecule has 0 saturated heterocycles. The molecule has 1 aromatic carbocycles. The monoisotopic (exact) mass is 268 g/mol. The summed E-state index contributed by atoms with van der Waals surface area (Å²) < 4.78 is 20.6. The molecule has 1 aromatic rings. The fourth-order valence-electron chi connectivity index (χ4n) is 1.51. The van der Waals surface area contributed by atoms with Crippen molar-refractivity contribution in [3.8, 4) is 11.5 Å². The topological polar surface area (TPSA) is 54.0 Å². The van der Waals surface area contributed by atoms with Gasteiger partial charge in [-0.2, -0.15) is 0 Å². The summed E-state index contributed by atoms with van der Waals surface area (Å²) >= 11 is 0. The largest absolute Gasteiger partial charge is 0.464 e. The normalized spacial score (nSPS) is 10.3. The van der Waals surface area contributed by atoms with E-state index in [0.29, 0.717) is 24.3 Å². The van der Waals surface area contributed by atoms with Crippen LogP contribution in [0.25, 0.3) is 0 Å². The molecule has 0 aliphatic rings. The summed E-state index contributed by atoms with van der Waals surface area (Å²) in [5.41, 5.74) is 1.02. The summed E-state index contributed by atoms with van der Waals surface area (Å²) in [4.78, 5) is 11.0. The summed E-state index contributed by atoms with van der Waals surface area (Å²) in [5.74, 6) is 1.34. The second-order valence-electron chi connectivity index (χ2n) is 4.08. The molecule has 0 atom stereocenters. The number of Topliss-reactive ketones (excluding diaryl/α,β-unsaturated/α-hetero) is 1. The molecular weight excluding hydrogens is 248 g/mol. The molecule has 0 N–H and O–H groups in total. The molecule has 5 nitrogen and oxygen atoms in total. The maximum Gasteiger partial charge on any atom is 0.188 e. The molecule has 19 heavy (non-hydrogen) atoms. The summed E-state index contributed by atoms with van der Waals surface area (Å²) in [5, 5.41) is 0. The molecule has 0 aromatic heterocycles. The van der Waals surface area contributed by atoms with E-state index >= 15 is 0 Å². The Morgan fingerprint density at radius 2 is 1.68 bits per heavy atom. The van der Waals surface area contributed by atoms with Crippen LogP contribution in [0.1, 0.15) is 18.9 Å².